The first-order valence-electron chi connectivity index (χ1n) is 19.2. The molecule has 0 aliphatic heterocycles. The first-order valence-corrected chi connectivity index (χ1v) is 19.2. The third kappa shape index (κ3) is 10.7. The lowest BCUT2D eigenvalue weighted by atomic mass is 9.75. The van der Waals surface area contributed by atoms with Crippen LogP contribution in [-0.4, -0.2) is 24.2 Å². The van der Waals surface area contributed by atoms with E-state index in [4.69, 9.17) is 4.74 Å². The number of carbonyl (C=O) groups is 2. The molecule has 1 fully saturated rings. The number of rotatable bonds is 15. The van der Waals surface area contributed by atoms with Crippen molar-refractivity contribution >= 4 is 23.8 Å². The van der Waals surface area contributed by atoms with Crippen molar-refractivity contribution in [3.8, 4) is 11.5 Å². The normalized spacial score (nSPS) is 20.5. The number of benzene rings is 3. The summed E-state index contributed by atoms with van der Waals surface area (Å²) in [7, 11) is 0. The predicted octanol–water partition coefficient (Wildman–Crippen LogP) is 10.7. The van der Waals surface area contributed by atoms with Gasteiger partial charge in [-0.25, -0.2) is 8.78 Å². The molecule has 1 saturated carbocycles. The zero-order chi connectivity index (χ0) is 38.2. The minimum Gasteiger partial charge on any atom is -0.457 e. The molecular formula is C45H53F4NO3. The SMILES string of the molecule is C=CC(F)(F)c1ccc(Oc2ccc(C(=O)CC3CCCC(CCCC4CC=c5c(C)c(C(=O)NCC(F)(F)CC)ccc5=CCC4C)C3)cc2)cc1. The molecule has 1 N–H and O–H groups in total. The quantitative estimate of drug-likeness (QED) is 0.0962. The summed E-state index contributed by atoms with van der Waals surface area (Å²) in [5, 5.41) is 4.55. The van der Waals surface area contributed by atoms with Gasteiger partial charge in [-0.3, -0.25) is 9.59 Å². The molecule has 0 saturated heterocycles. The van der Waals surface area contributed by atoms with Crippen molar-refractivity contribution in [2.75, 3.05) is 6.54 Å². The highest BCUT2D eigenvalue weighted by atomic mass is 19.3. The number of allylic oxidation sites excluding steroid dienone is 1. The van der Waals surface area contributed by atoms with Gasteiger partial charge < -0.3 is 10.1 Å². The highest BCUT2D eigenvalue weighted by molar-refractivity contribution is 5.96. The Morgan fingerprint density at radius 3 is 2.26 bits per heavy atom. The van der Waals surface area contributed by atoms with E-state index in [9.17, 15) is 27.2 Å². The van der Waals surface area contributed by atoms with Crippen LogP contribution in [-0.2, 0) is 5.92 Å². The summed E-state index contributed by atoms with van der Waals surface area (Å²) in [6.45, 7) is 8.15. The van der Waals surface area contributed by atoms with E-state index in [0.717, 1.165) is 67.4 Å². The van der Waals surface area contributed by atoms with Gasteiger partial charge in [0.1, 0.15) is 11.5 Å². The van der Waals surface area contributed by atoms with Crippen LogP contribution in [0.3, 0.4) is 0 Å². The second kappa shape index (κ2) is 17.7. The van der Waals surface area contributed by atoms with Crippen LogP contribution in [0.1, 0.15) is 116 Å². The maximum absolute atomic E-state index is 13.8. The molecule has 0 heterocycles. The molecule has 4 nitrogen and oxygen atoms in total. The Bertz CT molecular complexity index is 1850. The number of Topliss-reactive ketones (excluding diaryl/α,β-unsaturated/α-hetero) is 1. The van der Waals surface area contributed by atoms with Gasteiger partial charge in [0.05, 0.1) is 6.54 Å². The molecule has 0 aromatic heterocycles. The van der Waals surface area contributed by atoms with Crippen LogP contribution in [0.5, 0.6) is 11.5 Å². The first kappa shape index (κ1) is 40.0. The Morgan fingerprint density at radius 1 is 0.906 bits per heavy atom. The number of hydrogen-bond acceptors (Lipinski definition) is 3. The van der Waals surface area contributed by atoms with Gasteiger partial charge in [-0.15, -0.1) is 0 Å². The molecule has 53 heavy (non-hydrogen) atoms. The maximum Gasteiger partial charge on any atom is 0.291 e. The van der Waals surface area contributed by atoms with E-state index in [1.54, 1.807) is 30.3 Å². The van der Waals surface area contributed by atoms with Crippen LogP contribution in [0.2, 0.25) is 0 Å². The van der Waals surface area contributed by atoms with Gasteiger partial charge in [0.15, 0.2) is 5.78 Å². The van der Waals surface area contributed by atoms with Crippen molar-refractivity contribution in [3.05, 3.63) is 106 Å². The van der Waals surface area contributed by atoms with Crippen molar-refractivity contribution in [2.24, 2.45) is 23.7 Å². The molecule has 3 aromatic carbocycles. The second-order valence-corrected chi connectivity index (χ2v) is 15.2. The number of halogens is 4. The number of hydrogen-bond donors (Lipinski definition) is 1. The monoisotopic (exact) mass is 731 g/mol. The maximum atomic E-state index is 13.8. The molecule has 8 heteroatoms. The minimum atomic E-state index is -3.10. The van der Waals surface area contributed by atoms with Crippen molar-refractivity contribution in [1.29, 1.82) is 0 Å². The number of ketones is 1. The lowest BCUT2D eigenvalue weighted by Gasteiger charge is -2.30. The lowest BCUT2D eigenvalue weighted by molar-refractivity contribution is -0.00103. The van der Waals surface area contributed by atoms with Gasteiger partial charge in [-0.1, -0.05) is 64.3 Å². The highest BCUT2D eigenvalue weighted by Gasteiger charge is 2.29. The fourth-order valence-electron chi connectivity index (χ4n) is 7.89. The molecule has 0 bridgehead atoms. The summed E-state index contributed by atoms with van der Waals surface area (Å²) in [4.78, 5) is 26.1. The second-order valence-electron chi connectivity index (χ2n) is 15.2. The van der Waals surface area contributed by atoms with Gasteiger partial charge in [-0.05, 0) is 139 Å². The minimum absolute atomic E-state index is 0.128. The fourth-order valence-corrected chi connectivity index (χ4v) is 7.89. The van der Waals surface area contributed by atoms with Gasteiger partial charge in [-0.2, -0.15) is 8.78 Å². The summed E-state index contributed by atoms with van der Waals surface area (Å²) < 4.78 is 61.0. The lowest BCUT2D eigenvalue weighted by Crippen LogP contribution is -2.38. The molecule has 284 valence electrons. The third-order valence-corrected chi connectivity index (χ3v) is 11.4. The number of amides is 1. The Labute approximate surface area is 311 Å². The number of fused-ring (bicyclic) bond motifs is 1. The molecular weight excluding hydrogens is 678 g/mol. The molecule has 3 aromatic rings. The van der Waals surface area contributed by atoms with E-state index in [1.807, 2.05) is 13.0 Å². The Hall–Kier alpha value is -4.20. The molecule has 0 spiro atoms. The van der Waals surface area contributed by atoms with E-state index in [-0.39, 0.29) is 17.8 Å². The van der Waals surface area contributed by atoms with Crippen LogP contribution in [0.4, 0.5) is 17.6 Å². The van der Waals surface area contributed by atoms with Crippen LogP contribution in [0, 0.1) is 30.6 Å². The topological polar surface area (TPSA) is 55.4 Å². The van der Waals surface area contributed by atoms with Gasteiger partial charge >= 0.3 is 0 Å². The molecule has 2 aliphatic carbocycles. The van der Waals surface area contributed by atoms with Gasteiger partial charge in [0, 0.05) is 29.5 Å². The average molecular weight is 732 g/mol. The van der Waals surface area contributed by atoms with E-state index >= 15 is 0 Å². The number of ether oxygens (including phenoxy) is 1. The molecule has 0 radical (unpaired) electrons. The fraction of sp³-hybridized carbons (Fsp3) is 0.467. The number of alkyl halides is 4. The molecule has 2 aliphatic rings. The first-order chi connectivity index (χ1) is 25.3. The Balaban J connectivity index is 1.10. The van der Waals surface area contributed by atoms with Gasteiger partial charge in [0.25, 0.3) is 17.8 Å². The van der Waals surface area contributed by atoms with Crippen LogP contribution in [0.15, 0.2) is 73.3 Å². The van der Waals surface area contributed by atoms with E-state index in [1.165, 1.54) is 37.6 Å². The molecule has 4 unspecified atom stereocenters. The Kier molecular flexibility index (Phi) is 13.4. The van der Waals surface area contributed by atoms with Crippen LogP contribution in [0.25, 0.3) is 12.2 Å². The van der Waals surface area contributed by atoms with E-state index in [2.05, 4.69) is 31.0 Å². The van der Waals surface area contributed by atoms with E-state index < -0.39 is 24.3 Å². The van der Waals surface area contributed by atoms with Gasteiger partial charge in [0.2, 0.25) is 0 Å². The highest BCUT2D eigenvalue weighted by Crippen LogP contribution is 2.37. The van der Waals surface area contributed by atoms with Crippen LogP contribution < -0.4 is 20.5 Å². The van der Waals surface area contributed by atoms with Crippen molar-refractivity contribution < 1.29 is 31.9 Å². The summed E-state index contributed by atoms with van der Waals surface area (Å²) in [6.07, 6.45) is 15.0. The van der Waals surface area contributed by atoms with E-state index in [0.29, 0.717) is 58.8 Å². The van der Waals surface area contributed by atoms with Crippen molar-refractivity contribution in [1.82, 2.24) is 5.32 Å². The summed E-state index contributed by atoms with van der Waals surface area (Å²) in [6, 6.07) is 16.3. The zero-order valence-corrected chi connectivity index (χ0v) is 31.2. The standard InChI is InChI=1S/C45H53F4NO3/c1-5-44(46,47)29-50-43(52)41-26-18-35-14-13-30(3)34(17-25-40(35)31(41)4)12-8-10-32-9-7-11-33(27-32)28-42(51)36-15-21-38(22-16-36)53-39-23-19-37(20-24-39)45(48,49)6-2/h6,14-16,18-26,30,32-34H,2,5,7-13,17,27-29H2,1,3-4H3,(H,50,52). The largest absolute Gasteiger partial charge is 0.457 e. The van der Waals surface area contributed by atoms with Crippen molar-refractivity contribution in [2.45, 2.75) is 103 Å². The average Bonchev–Trinajstić information content (AvgIpc) is 3.14. The molecule has 5 rings (SSSR count). The Morgan fingerprint density at radius 2 is 1.58 bits per heavy atom. The third-order valence-electron chi connectivity index (χ3n) is 11.4. The zero-order valence-electron chi connectivity index (χ0n) is 31.2. The summed E-state index contributed by atoms with van der Waals surface area (Å²) in [5.74, 6) is -3.40. The summed E-state index contributed by atoms with van der Waals surface area (Å²) >= 11 is 0. The predicted molar refractivity (Wildman–Crippen MR) is 204 cm³/mol. The van der Waals surface area contributed by atoms with Crippen molar-refractivity contribution in [3.63, 3.8) is 0 Å². The smallest absolute Gasteiger partial charge is 0.291 e. The molecule has 4 atom stereocenters. The number of carbonyl (C=O) groups excluding carboxylic acids is 2. The van der Waals surface area contributed by atoms with Crippen LogP contribution >= 0.6 is 0 Å². The summed E-state index contributed by atoms with van der Waals surface area (Å²) in [5.41, 5.74) is 1.77. The number of nitrogens with one attached hydrogen (secondary N) is 1. The molecule has 1 amide bonds.